The fourth-order valence-corrected chi connectivity index (χ4v) is 0.621. The van der Waals surface area contributed by atoms with E-state index in [0.29, 0.717) is 16.0 Å². The lowest BCUT2D eigenvalue weighted by Crippen LogP contribution is -2.29. The second kappa shape index (κ2) is 2.36. The molecule has 1 aromatic heterocycles. The van der Waals surface area contributed by atoms with E-state index in [-0.39, 0.29) is 0 Å². The monoisotopic (exact) mass is 134 g/mol. The second-order valence-corrected chi connectivity index (χ2v) is 2.00. The molecule has 0 aliphatic carbocycles. The highest BCUT2D eigenvalue weighted by Gasteiger charge is 1.98. The van der Waals surface area contributed by atoms with Crippen LogP contribution in [0.15, 0.2) is 18.3 Å². The highest BCUT2D eigenvalue weighted by Crippen LogP contribution is 1.93. The van der Waals surface area contributed by atoms with Crippen molar-refractivity contribution in [2.75, 3.05) is 0 Å². The van der Waals surface area contributed by atoms with Gasteiger partial charge in [-0.3, -0.25) is 0 Å². The maximum Gasteiger partial charge on any atom is 0.198 e. The molecule has 0 unspecified atom stereocenters. The third-order valence-electron chi connectivity index (χ3n) is 1.24. The Morgan fingerprint density at radius 1 is 1.60 bits per heavy atom. The van der Waals surface area contributed by atoms with Gasteiger partial charge in [-0.25, -0.2) is 0 Å². The van der Waals surface area contributed by atoms with Crippen molar-refractivity contribution in [3.8, 4) is 6.07 Å². The van der Waals surface area contributed by atoms with Crippen molar-refractivity contribution in [1.29, 1.82) is 5.26 Å². The molecule has 1 rings (SSSR count). The zero-order valence-electron chi connectivity index (χ0n) is 5.53. The number of nitrogens with zero attached hydrogens (tertiary/aromatic N) is 2. The largest absolute Gasteiger partial charge is 0.618 e. The van der Waals surface area contributed by atoms with E-state index in [2.05, 4.69) is 0 Å². The molecule has 0 saturated heterocycles. The first-order chi connectivity index (χ1) is 4.74. The van der Waals surface area contributed by atoms with Crippen LogP contribution in [0.25, 0.3) is 0 Å². The Bertz CT molecular complexity index is 288. The van der Waals surface area contributed by atoms with Crippen molar-refractivity contribution in [2.24, 2.45) is 0 Å². The van der Waals surface area contributed by atoms with Gasteiger partial charge in [0, 0.05) is 13.0 Å². The molecular weight excluding hydrogens is 128 g/mol. The molecule has 0 saturated carbocycles. The molecule has 0 aromatic carbocycles. The molecule has 0 fully saturated rings. The predicted molar refractivity (Wildman–Crippen MR) is 34.9 cm³/mol. The molecule has 0 aliphatic heterocycles. The average molecular weight is 134 g/mol. The first-order valence-electron chi connectivity index (χ1n) is 2.84. The van der Waals surface area contributed by atoms with E-state index in [0.717, 1.165) is 0 Å². The zero-order chi connectivity index (χ0) is 7.56. The van der Waals surface area contributed by atoms with Gasteiger partial charge < -0.3 is 5.21 Å². The van der Waals surface area contributed by atoms with Gasteiger partial charge in [-0.15, -0.1) is 0 Å². The Hall–Kier alpha value is -1.56. The second-order valence-electron chi connectivity index (χ2n) is 2.00. The summed E-state index contributed by atoms with van der Waals surface area (Å²) in [4.78, 5) is 0. The first kappa shape index (κ1) is 6.56. The highest BCUT2D eigenvalue weighted by molar-refractivity contribution is 5.23. The van der Waals surface area contributed by atoms with Crippen molar-refractivity contribution in [1.82, 2.24) is 0 Å². The third-order valence-corrected chi connectivity index (χ3v) is 1.24. The number of nitriles is 1. The molecule has 50 valence electrons. The molecule has 0 amide bonds. The van der Waals surface area contributed by atoms with Crippen LogP contribution in [0, 0.1) is 23.5 Å². The van der Waals surface area contributed by atoms with Crippen molar-refractivity contribution >= 4 is 0 Å². The molecule has 0 radical (unpaired) electrons. The molecule has 0 bridgehead atoms. The summed E-state index contributed by atoms with van der Waals surface area (Å²) in [5.74, 6) is 0. The maximum atomic E-state index is 10.8. The van der Waals surface area contributed by atoms with Crippen LogP contribution in [0.4, 0.5) is 0 Å². The van der Waals surface area contributed by atoms with Gasteiger partial charge in [-0.05, 0) is 6.07 Å². The summed E-state index contributed by atoms with van der Waals surface area (Å²) < 4.78 is 0.679. The minimum absolute atomic E-state index is 0.389. The van der Waals surface area contributed by atoms with E-state index in [9.17, 15) is 5.21 Å². The Kier molecular flexibility index (Phi) is 1.55. The molecule has 0 aliphatic rings. The smallest absolute Gasteiger partial charge is 0.198 e. The number of aryl methyl sites for hydroxylation is 1. The fourth-order valence-electron chi connectivity index (χ4n) is 0.621. The fraction of sp³-hybridized carbons (Fsp3) is 0.143. The normalized spacial score (nSPS) is 8.80. The summed E-state index contributed by atoms with van der Waals surface area (Å²) in [5, 5.41) is 19.1. The Morgan fingerprint density at radius 2 is 2.30 bits per heavy atom. The molecule has 0 N–H and O–H groups in total. The van der Waals surface area contributed by atoms with Gasteiger partial charge in [0.05, 0.1) is 0 Å². The summed E-state index contributed by atoms with van der Waals surface area (Å²) in [6, 6.07) is 5.11. The summed E-state index contributed by atoms with van der Waals surface area (Å²) >= 11 is 0. The zero-order valence-corrected chi connectivity index (χ0v) is 5.53. The molecule has 3 nitrogen and oxygen atoms in total. The van der Waals surface area contributed by atoms with Crippen LogP contribution in [-0.4, -0.2) is 0 Å². The lowest BCUT2D eigenvalue weighted by Gasteiger charge is -1.97. The first-order valence-corrected chi connectivity index (χ1v) is 2.84. The van der Waals surface area contributed by atoms with E-state index in [1.165, 1.54) is 6.20 Å². The van der Waals surface area contributed by atoms with Gasteiger partial charge in [0.1, 0.15) is 11.6 Å². The molecule has 0 atom stereocenters. The predicted octanol–water partition coefficient (Wildman–Crippen LogP) is 0.500. The lowest BCUT2D eigenvalue weighted by molar-refractivity contribution is -0.612. The van der Waals surface area contributed by atoms with Crippen LogP contribution in [-0.2, 0) is 0 Å². The van der Waals surface area contributed by atoms with E-state index in [4.69, 9.17) is 5.26 Å². The highest BCUT2D eigenvalue weighted by atomic mass is 16.5. The lowest BCUT2D eigenvalue weighted by atomic mass is 10.3. The van der Waals surface area contributed by atoms with E-state index in [1.807, 2.05) is 6.07 Å². The number of rotatable bonds is 0. The molecule has 10 heavy (non-hydrogen) atoms. The van der Waals surface area contributed by atoms with E-state index in [1.54, 1.807) is 19.1 Å². The van der Waals surface area contributed by atoms with Crippen LogP contribution in [0.3, 0.4) is 0 Å². The van der Waals surface area contributed by atoms with Gasteiger partial charge in [0.2, 0.25) is 0 Å². The van der Waals surface area contributed by atoms with Crippen LogP contribution in [0.5, 0.6) is 0 Å². The Labute approximate surface area is 58.7 Å². The molecule has 1 aromatic rings. The standard InChI is InChI=1S/C7H6N2O/c1-6-2-3-7(4-8)5-9(6)10/h2-3,5H,1H3. The van der Waals surface area contributed by atoms with Crippen molar-refractivity contribution < 1.29 is 4.73 Å². The summed E-state index contributed by atoms with van der Waals surface area (Å²) in [7, 11) is 0. The number of pyridine rings is 1. The minimum Gasteiger partial charge on any atom is -0.618 e. The van der Waals surface area contributed by atoms with Gasteiger partial charge in [-0.2, -0.15) is 9.99 Å². The van der Waals surface area contributed by atoms with E-state index >= 15 is 0 Å². The molecule has 0 spiro atoms. The van der Waals surface area contributed by atoms with Gasteiger partial charge in [0.25, 0.3) is 0 Å². The number of hydrogen-bond donors (Lipinski definition) is 0. The average Bonchev–Trinajstić information content (AvgIpc) is 1.95. The van der Waals surface area contributed by atoms with Crippen LogP contribution >= 0.6 is 0 Å². The number of hydrogen-bond acceptors (Lipinski definition) is 2. The quantitative estimate of drug-likeness (QED) is 0.383. The van der Waals surface area contributed by atoms with Crippen molar-refractivity contribution in [2.45, 2.75) is 6.92 Å². The van der Waals surface area contributed by atoms with Crippen LogP contribution < -0.4 is 4.73 Å². The Balaban J connectivity index is 3.20. The molecule has 1 heterocycles. The number of aromatic nitrogens is 1. The van der Waals surface area contributed by atoms with Crippen molar-refractivity contribution in [3.05, 3.63) is 34.8 Å². The van der Waals surface area contributed by atoms with Gasteiger partial charge in [-0.1, -0.05) is 0 Å². The van der Waals surface area contributed by atoms with Crippen LogP contribution in [0.2, 0.25) is 0 Å². The summed E-state index contributed by atoms with van der Waals surface area (Å²) in [6.07, 6.45) is 1.26. The minimum atomic E-state index is 0.389. The molecular formula is C7H6N2O. The van der Waals surface area contributed by atoms with E-state index < -0.39 is 0 Å². The van der Waals surface area contributed by atoms with Gasteiger partial charge in [0.15, 0.2) is 11.9 Å². The third kappa shape index (κ3) is 1.06. The van der Waals surface area contributed by atoms with Crippen LogP contribution in [0.1, 0.15) is 11.3 Å². The maximum absolute atomic E-state index is 10.8. The summed E-state index contributed by atoms with van der Waals surface area (Å²) in [5.41, 5.74) is 0.986. The van der Waals surface area contributed by atoms with Crippen molar-refractivity contribution in [3.63, 3.8) is 0 Å². The SMILES string of the molecule is Cc1ccc(C#N)c[n+]1[O-]. The Morgan fingerprint density at radius 3 is 2.80 bits per heavy atom. The topological polar surface area (TPSA) is 50.7 Å². The molecule has 3 heteroatoms. The summed E-state index contributed by atoms with van der Waals surface area (Å²) in [6.45, 7) is 1.69. The van der Waals surface area contributed by atoms with Gasteiger partial charge >= 0.3 is 0 Å².